The largest absolute Gasteiger partial charge is 0.480 e. The molecule has 37 heavy (non-hydrogen) atoms. The summed E-state index contributed by atoms with van der Waals surface area (Å²) in [5, 5.41) is 27.4. The molecule has 4 atom stereocenters. The first kappa shape index (κ1) is 30.1. The van der Waals surface area contributed by atoms with E-state index < -0.39 is 54.5 Å². The number of hydrogen-bond acceptors (Lipinski definition) is 7. The van der Waals surface area contributed by atoms with Gasteiger partial charge in [0.25, 0.3) is 0 Å². The van der Waals surface area contributed by atoms with E-state index >= 15 is 0 Å². The van der Waals surface area contributed by atoms with Gasteiger partial charge in [0.1, 0.15) is 24.2 Å². The minimum Gasteiger partial charge on any atom is -0.480 e. The summed E-state index contributed by atoms with van der Waals surface area (Å²) in [5.74, 6) is -2.53. The van der Waals surface area contributed by atoms with Gasteiger partial charge in [0, 0.05) is 23.5 Å². The molecule has 0 bridgehead atoms. The molecular weight excluding hydrogens is 498 g/mol. The highest BCUT2D eigenvalue weighted by molar-refractivity contribution is 7.98. The first-order valence-electron chi connectivity index (χ1n) is 12.1. The molecule has 11 nitrogen and oxygen atoms in total. The molecule has 204 valence electrons. The number of carbonyl (C=O) groups is 4. The lowest BCUT2D eigenvalue weighted by atomic mass is 10.0. The van der Waals surface area contributed by atoms with Gasteiger partial charge in [-0.2, -0.15) is 11.8 Å². The molecule has 1 aromatic heterocycles. The Hall–Kier alpha value is -3.09. The third-order valence-electron chi connectivity index (χ3n) is 5.83. The second-order valence-corrected chi connectivity index (χ2v) is 10.3. The molecule has 0 aliphatic carbocycles. The number of H-pyrrole nitrogens is 1. The molecule has 0 fully saturated rings. The minimum absolute atomic E-state index is 0.0344. The Kier molecular flexibility index (Phi) is 11.9. The Morgan fingerprint density at radius 1 is 1.00 bits per heavy atom. The van der Waals surface area contributed by atoms with E-state index in [4.69, 9.17) is 5.73 Å². The highest BCUT2D eigenvalue weighted by Crippen LogP contribution is 2.19. The summed E-state index contributed by atoms with van der Waals surface area (Å²) < 4.78 is 0. The van der Waals surface area contributed by atoms with Gasteiger partial charge in [-0.15, -0.1) is 0 Å². The zero-order chi connectivity index (χ0) is 27.5. The fourth-order valence-electron chi connectivity index (χ4n) is 3.83. The topological polar surface area (TPSA) is 187 Å². The molecule has 0 aliphatic heterocycles. The van der Waals surface area contributed by atoms with E-state index in [-0.39, 0.29) is 25.2 Å². The number of aliphatic carboxylic acids is 1. The maximum absolute atomic E-state index is 13.4. The van der Waals surface area contributed by atoms with E-state index in [1.165, 1.54) is 11.8 Å². The van der Waals surface area contributed by atoms with Crippen molar-refractivity contribution in [3.63, 3.8) is 0 Å². The zero-order valence-electron chi connectivity index (χ0n) is 21.3. The smallest absolute Gasteiger partial charge is 0.326 e. The van der Waals surface area contributed by atoms with E-state index in [1.807, 2.05) is 44.4 Å². The molecule has 1 heterocycles. The Morgan fingerprint density at radius 3 is 2.24 bits per heavy atom. The van der Waals surface area contributed by atoms with Crippen LogP contribution in [0.25, 0.3) is 10.9 Å². The van der Waals surface area contributed by atoms with Crippen molar-refractivity contribution in [3.8, 4) is 0 Å². The number of aromatic amines is 1. The van der Waals surface area contributed by atoms with Crippen LogP contribution in [-0.4, -0.2) is 81.7 Å². The van der Waals surface area contributed by atoms with Crippen LogP contribution in [0.1, 0.15) is 32.3 Å². The van der Waals surface area contributed by atoms with E-state index in [9.17, 15) is 29.4 Å². The van der Waals surface area contributed by atoms with E-state index in [0.29, 0.717) is 5.75 Å². The van der Waals surface area contributed by atoms with E-state index in [0.717, 1.165) is 16.5 Å². The third-order valence-corrected chi connectivity index (χ3v) is 6.47. The summed E-state index contributed by atoms with van der Waals surface area (Å²) in [7, 11) is 0. The van der Waals surface area contributed by atoms with Crippen LogP contribution in [0.5, 0.6) is 0 Å². The molecule has 1 aromatic carbocycles. The summed E-state index contributed by atoms with van der Waals surface area (Å²) in [6.45, 7) is 3.10. The van der Waals surface area contributed by atoms with Crippen molar-refractivity contribution in [1.82, 2.24) is 20.9 Å². The van der Waals surface area contributed by atoms with Crippen LogP contribution in [0.15, 0.2) is 30.5 Å². The van der Waals surface area contributed by atoms with Crippen LogP contribution in [-0.2, 0) is 25.6 Å². The molecule has 12 heteroatoms. The number of aromatic nitrogens is 1. The molecule has 0 saturated carbocycles. The summed E-state index contributed by atoms with van der Waals surface area (Å²) in [4.78, 5) is 53.6. The number of aliphatic hydroxyl groups excluding tert-OH is 1. The standard InChI is InChI=1S/C25H37N5O6S/c1-14(2)10-21(25(35)36)30-23(33)19(8-9-37-3)28-24(34)20(29-22(32)17(26)13-31)11-15-12-27-18-7-5-4-6-16(15)18/h4-7,12,14,17,19-21,27,31H,8-11,13,26H2,1-3H3,(H,28,34)(H,29,32)(H,30,33)(H,35,36). The summed E-state index contributed by atoms with van der Waals surface area (Å²) >= 11 is 1.48. The summed E-state index contributed by atoms with van der Waals surface area (Å²) in [5.41, 5.74) is 7.27. The van der Waals surface area contributed by atoms with Crippen LogP contribution in [0.2, 0.25) is 0 Å². The molecule has 8 N–H and O–H groups in total. The zero-order valence-corrected chi connectivity index (χ0v) is 22.1. The SMILES string of the molecule is CSCCC(NC(=O)C(Cc1c[nH]c2ccccc12)NC(=O)C(N)CO)C(=O)NC(CC(C)C)C(=O)O. The fourth-order valence-corrected chi connectivity index (χ4v) is 4.30. The monoisotopic (exact) mass is 535 g/mol. The van der Waals surface area contributed by atoms with Gasteiger partial charge < -0.3 is 36.9 Å². The number of aliphatic hydroxyl groups is 1. The number of carboxylic acids is 1. The van der Waals surface area contributed by atoms with Crippen molar-refractivity contribution < 1.29 is 29.4 Å². The number of nitrogens with two attached hydrogens (primary N) is 1. The van der Waals surface area contributed by atoms with Crippen LogP contribution >= 0.6 is 11.8 Å². The van der Waals surface area contributed by atoms with Gasteiger partial charge in [0.2, 0.25) is 17.7 Å². The number of carboxylic acid groups (broad SMARTS) is 1. The molecule has 0 spiro atoms. The van der Waals surface area contributed by atoms with Gasteiger partial charge in [-0.25, -0.2) is 4.79 Å². The van der Waals surface area contributed by atoms with Crippen LogP contribution in [0.3, 0.4) is 0 Å². The van der Waals surface area contributed by atoms with Gasteiger partial charge in [-0.05, 0) is 42.4 Å². The lowest BCUT2D eigenvalue weighted by Crippen LogP contribution is -2.58. The molecule has 2 rings (SSSR count). The average Bonchev–Trinajstić information content (AvgIpc) is 3.27. The van der Waals surface area contributed by atoms with Crippen LogP contribution in [0, 0.1) is 5.92 Å². The molecule has 0 radical (unpaired) electrons. The van der Waals surface area contributed by atoms with Crippen molar-refractivity contribution >= 4 is 46.4 Å². The van der Waals surface area contributed by atoms with Crippen molar-refractivity contribution in [2.24, 2.45) is 11.7 Å². The Labute approximate surface area is 220 Å². The van der Waals surface area contributed by atoms with Crippen molar-refractivity contribution in [2.75, 3.05) is 18.6 Å². The number of fused-ring (bicyclic) bond motifs is 1. The minimum atomic E-state index is -1.22. The number of benzene rings is 1. The van der Waals surface area contributed by atoms with Gasteiger partial charge in [0.05, 0.1) is 6.61 Å². The lowest BCUT2D eigenvalue weighted by molar-refractivity contribution is -0.142. The quantitative estimate of drug-likeness (QED) is 0.170. The van der Waals surface area contributed by atoms with Crippen LogP contribution < -0.4 is 21.7 Å². The van der Waals surface area contributed by atoms with Crippen molar-refractivity contribution in [3.05, 3.63) is 36.0 Å². The molecule has 0 saturated heterocycles. The molecule has 2 aromatic rings. The van der Waals surface area contributed by atoms with E-state index in [1.54, 1.807) is 6.20 Å². The van der Waals surface area contributed by atoms with Crippen LogP contribution in [0.4, 0.5) is 0 Å². The number of carbonyl (C=O) groups excluding carboxylic acids is 3. The number of para-hydroxylation sites is 1. The number of hydrogen-bond donors (Lipinski definition) is 7. The third kappa shape index (κ3) is 9.06. The molecule has 4 unspecified atom stereocenters. The second kappa shape index (κ2) is 14.6. The Balaban J connectivity index is 2.26. The number of nitrogens with one attached hydrogen (secondary N) is 4. The lowest BCUT2D eigenvalue weighted by Gasteiger charge is -2.25. The Morgan fingerprint density at radius 2 is 1.62 bits per heavy atom. The highest BCUT2D eigenvalue weighted by atomic mass is 32.2. The Bertz CT molecular complexity index is 1070. The van der Waals surface area contributed by atoms with Gasteiger partial charge >= 0.3 is 5.97 Å². The van der Waals surface area contributed by atoms with Crippen molar-refractivity contribution in [2.45, 2.75) is 57.3 Å². The molecular formula is C25H37N5O6S. The number of thioether (sulfide) groups is 1. The fraction of sp³-hybridized carbons (Fsp3) is 0.520. The van der Waals surface area contributed by atoms with E-state index in [2.05, 4.69) is 20.9 Å². The maximum atomic E-state index is 13.4. The van der Waals surface area contributed by atoms with Gasteiger partial charge in [0.15, 0.2) is 0 Å². The molecule has 3 amide bonds. The first-order valence-corrected chi connectivity index (χ1v) is 13.5. The van der Waals surface area contributed by atoms with Crippen molar-refractivity contribution in [1.29, 1.82) is 0 Å². The second-order valence-electron chi connectivity index (χ2n) is 9.29. The normalized spacial score (nSPS) is 14.5. The number of rotatable bonds is 15. The predicted molar refractivity (Wildman–Crippen MR) is 143 cm³/mol. The first-order chi connectivity index (χ1) is 17.6. The summed E-state index contributed by atoms with van der Waals surface area (Å²) in [6.07, 6.45) is 4.19. The molecule has 0 aliphatic rings. The maximum Gasteiger partial charge on any atom is 0.326 e. The van der Waals surface area contributed by atoms with Gasteiger partial charge in [-0.1, -0.05) is 32.0 Å². The predicted octanol–water partition coefficient (Wildman–Crippen LogP) is 0.368. The number of amides is 3. The van der Waals surface area contributed by atoms with Gasteiger partial charge in [-0.3, -0.25) is 14.4 Å². The highest BCUT2D eigenvalue weighted by Gasteiger charge is 2.31. The summed E-state index contributed by atoms with van der Waals surface area (Å²) in [6, 6.07) is 3.07. The average molecular weight is 536 g/mol.